The number of amides is 1. The van der Waals surface area contributed by atoms with Gasteiger partial charge in [0.25, 0.3) is 0 Å². The predicted molar refractivity (Wildman–Crippen MR) is 98.7 cm³/mol. The summed E-state index contributed by atoms with van der Waals surface area (Å²) in [6.45, 7) is 0.734. The van der Waals surface area contributed by atoms with E-state index in [1.807, 2.05) is 64.0 Å². The minimum absolute atomic E-state index is 0.00370. The van der Waals surface area contributed by atoms with Crippen LogP contribution in [-0.4, -0.2) is 39.1 Å². The van der Waals surface area contributed by atoms with Gasteiger partial charge in [0.2, 0.25) is 5.91 Å². The largest absolute Gasteiger partial charge is 0.497 e. The van der Waals surface area contributed by atoms with Gasteiger partial charge in [-0.1, -0.05) is 18.2 Å². The van der Waals surface area contributed by atoms with Gasteiger partial charge in [-0.2, -0.15) is 0 Å². The summed E-state index contributed by atoms with van der Waals surface area (Å²) in [5.41, 5.74) is 1.76. The number of hydrogen-bond acceptors (Lipinski definition) is 4. The molecule has 0 spiro atoms. The standard InChI is InChI=1S/C20H20N4O2/c1-26-16-10-7-15(8-11-16)9-12-19(25)23-14-4-5-17(23)20-22-21-18-6-2-3-13-24(18)20/h2-3,6-13,17H,4-5,14H2,1H3/b12-9+/t17-/m1/s1. The van der Waals surface area contributed by atoms with E-state index in [0.29, 0.717) is 0 Å². The molecule has 3 heterocycles. The molecule has 0 bridgehead atoms. The van der Waals surface area contributed by atoms with Gasteiger partial charge in [-0.05, 0) is 48.7 Å². The summed E-state index contributed by atoms with van der Waals surface area (Å²) in [6.07, 6.45) is 7.27. The second-order valence-corrected chi connectivity index (χ2v) is 6.28. The summed E-state index contributed by atoms with van der Waals surface area (Å²) in [7, 11) is 1.63. The molecule has 0 aliphatic carbocycles. The molecule has 6 nitrogen and oxygen atoms in total. The van der Waals surface area contributed by atoms with Gasteiger partial charge in [-0.25, -0.2) is 0 Å². The third-order valence-electron chi connectivity index (χ3n) is 4.71. The van der Waals surface area contributed by atoms with Gasteiger partial charge in [0, 0.05) is 18.8 Å². The Morgan fingerprint density at radius 2 is 2.04 bits per heavy atom. The van der Waals surface area contributed by atoms with Crippen LogP contribution in [0.15, 0.2) is 54.7 Å². The molecule has 1 aliphatic rings. The average Bonchev–Trinajstić information content (AvgIpc) is 3.33. The minimum Gasteiger partial charge on any atom is -0.497 e. The van der Waals surface area contributed by atoms with E-state index in [2.05, 4.69) is 10.2 Å². The number of carbonyl (C=O) groups is 1. The first kappa shape index (κ1) is 16.3. The monoisotopic (exact) mass is 348 g/mol. The SMILES string of the molecule is COc1ccc(/C=C/C(=O)N2CCC[C@@H]2c2nnc3ccccn23)cc1. The van der Waals surface area contributed by atoms with E-state index in [9.17, 15) is 4.79 Å². The molecule has 132 valence electrons. The summed E-state index contributed by atoms with van der Waals surface area (Å²) in [4.78, 5) is 14.6. The summed E-state index contributed by atoms with van der Waals surface area (Å²) >= 11 is 0. The number of benzene rings is 1. The van der Waals surface area contributed by atoms with Gasteiger partial charge in [0.15, 0.2) is 11.5 Å². The van der Waals surface area contributed by atoms with Crippen LogP contribution >= 0.6 is 0 Å². The van der Waals surface area contributed by atoms with Crippen molar-refractivity contribution in [1.82, 2.24) is 19.5 Å². The third-order valence-corrected chi connectivity index (χ3v) is 4.71. The van der Waals surface area contributed by atoms with Crippen molar-refractivity contribution < 1.29 is 9.53 Å². The van der Waals surface area contributed by atoms with E-state index in [1.165, 1.54) is 0 Å². The number of hydrogen-bond donors (Lipinski definition) is 0. The summed E-state index contributed by atoms with van der Waals surface area (Å²) in [5, 5.41) is 8.54. The number of ether oxygens (including phenoxy) is 1. The number of fused-ring (bicyclic) bond motifs is 1. The van der Waals surface area contributed by atoms with Gasteiger partial charge < -0.3 is 9.64 Å². The normalized spacial score (nSPS) is 17.3. The number of aromatic nitrogens is 3. The second-order valence-electron chi connectivity index (χ2n) is 6.28. The van der Waals surface area contributed by atoms with E-state index < -0.39 is 0 Å². The lowest BCUT2D eigenvalue weighted by Gasteiger charge is -2.22. The van der Waals surface area contributed by atoms with Crippen molar-refractivity contribution in [3.8, 4) is 5.75 Å². The number of rotatable bonds is 4. The van der Waals surface area contributed by atoms with Crippen LogP contribution < -0.4 is 4.74 Å². The maximum Gasteiger partial charge on any atom is 0.247 e. The highest BCUT2D eigenvalue weighted by Gasteiger charge is 2.32. The zero-order chi connectivity index (χ0) is 17.9. The van der Waals surface area contributed by atoms with E-state index in [-0.39, 0.29) is 11.9 Å². The first-order chi connectivity index (χ1) is 12.8. The Morgan fingerprint density at radius 3 is 2.85 bits per heavy atom. The Hall–Kier alpha value is -3.15. The molecule has 2 aromatic heterocycles. The third kappa shape index (κ3) is 3.06. The van der Waals surface area contributed by atoms with Crippen LogP contribution in [0.3, 0.4) is 0 Å². The van der Waals surface area contributed by atoms with Crippen molar-refractivity contribution in [2.24, 2.45) is 0 Å². The van der Waals surface area contributed by atoms with Crippen molar-refractivity contribution in [2.45, 2.75) is 18.9 Å². The highest BCUT2D eigenvalue weighted by Crippen LogP contribution is 2.31. The average molecular weight is 348 g/mol. The van der Waals surface area contributed by atoms with Crippen LogP contribution in [0.25, 0.3) is 11.7 Å². The molecule has 0 radical (unpaired) electrons. The van der Waals surface area contributed by atoms with Gasteiger partial charge in [0.05, 0.1) is 13.2 Å². The van der Waals surface area contributed by atoms with Gasteiger partial charge >= 0.3 is 0 Å². The van der Waals surface area contributed by atoms with Crippen LogP contribution in [0, 0.1) is 0 Å². The fraction of sp³-hybridized carbons (Fsp3) is 0.250. The Balaban J connectivity index is 1.54. The number of methoxy groups -OCH3 is 1. The number of likely N-dealkylation sites (tertiary alicyclic amines) is 1. The lowest BCUT2D eigenvalue weighted by atomic mass is 10.2. The highest BCUT2D eigenvalue weighted by atomic mass is 16.5. The summed E-state index contributed by atoms with van der Waals surface area (Å²) in [6, 6.07) is 13.4. The molecule has 26 heavy (non-hydrogen) atoms. The number of carbonyl (C=O) groups excluding carboxylic acids is 1. The molecule has 0 unspecified atom stereocenters. The molecule has 1 saturated heterocycles. The van der Waals surface area contributed by atoms with Crippen molar-refractivity contribution in [1.29, 1.82) is 0 Å². The van der Waals surface area contributed by atoms with Crippen molar-refractivity contribution >= 4 is 17.6 Å². The summed E-state index contributed by atoms with van der Waals surface area (Å²) in [5.74, 6) is 1.62. The Labute approximate surface area is 151 Å². The zero-order valence-corrected chi connectivity index (χ0v) is 14.6. The molecule has 1 aromatic carbocycles. The Kier molecular flexibility index (Phi) is 4.39. The topological polar surface area (TPSA) is 59.7 Å². The van der Waals surface area contributed by atoms with Crippen LogP contribution in [0.5, 0.6) is 5.75 Å². The molecule has 1 amide bonds. The lowest BCUT2D eigenvalue weighted by molar-refractivity contribution is -0.127. The molecule has 0 saturated carbocycles. The first-order valence-corrected chi connectivity index (χ1v) is 8.68. The molecule has 3 aromatic rings. The quantitative estimate of drug-likeness (QED) is 0.680. The van der Waals surface area contributed by atoms with Gasteiger partial charge in [0.1, 0.15) is 5.75 Å². The molecular weight excluding hydrogens is 328 g/mol. The lowest BCUT2D eigenvalue weighted by Crippen LogP contribution is -2.30. The van der Waals surface area contributed by atoms with Gasteiger partial charge in [-0.3, -0.25) is 9.20 Å². The van der Waals surface area contributed by atoms with Crippen LogP contribution in [-0.2, 0) is 4.79 Å². The van der Waals surface area contributed by atoms with Crippen LogP contribution in [0.1, 0.15) is 30.3 Å². The fourth-order valence-corrected chi connectivity index (χ4v) is 3.36. The zero-order valence-electron chi connectivity index (χ0n) is 14.6. The smallest absolute Gasteiger partial charge is 0.247 e. The van der Waals surface area contributed by atoms with E-state index in [1.54, 1.807) is 13.2 Å². The van der Waals surface area contributed by atoms with E-state index in [0.717, 1.165) is 42.2 Å². The fourth-order valence-electron chi connectivity index (χ4n) is 3.36. The first-order valence-electron chi connectivity index (χ1n) is 8.68. The maximum absolute atomic E-state index is 12.7. The molecular formula is C20H20N4O2. The minimum atomic E-state index is -0.0413. The Morgan fingerprint density at radius 1 is 1.19 bits per heavy atom. The van der Waals surface area contributed by atoms with E-state index in [4.69, 9.17) is 4.74 Å². The Bertz CT molecular complexity index is 946. The van der Waals surface area contributed by atoms with Crippen LogP contribution in [0.2, 0.25) is 0 Å². The molecule has 0 N–H and O–H groups in total. The molecule has 1 fully saturated rings. The van der Waals surface area contributed by atoms with Crippen LogP contribution in [0.4, 0.5) is 0 Å². The van der Waals surface area contributed by atoms with Crippen molar-refractivity contribution in [3.05, 3.63) is 66.1 Å². The second kappa shape index (κ2) is 7.00. The molecule has 4 rings (SSSR count). The van der Waals surface area contributed by atoms with Crippen molar-refractivity contribution in [3.63, 3.8) is 0 Å². The summed E-state index contributed by atoms with van der Waals surface area (Å²) < 4.78 is 7.11. The number of nitrogens with zero attached hydrogens (tertiary/aromatic N) is 4. The predicted octanol–water partition coefficient (Wildman–Crippen LogP) is 3.11. The van der Waals surface area contributed by atoms with E-state index >= 15 is 0 Å². The molecule has 1 aliphatic heterocycles. The molecule has 6 heteroatoms. The molecule has 1 atom stereocenters. The highest BCUT2D eigenvalue weighted by molar-refractivity contribution is 5.92. The number of pyridine rings is 1. The van der Waals surface area contributed by atoms with Crippen molar-refractivity contribution in [2.75, 3.05) is 13.7 Å². The maximum atomic E-state index is 12.7. The van der Waals surface area contributed by atoms with Gasteiger partial charge in [-0.15, -0.1) is 10.2 Å².